The zero-order valence-electron chi connectivity index (χ0n) is 11.8. The Morgan fingerprint density at radius 1 is 1.33 bits per heavy atom. The Hall–Kier alpha value is -2.06. The van der Waals surface area contributed by atoms with Gasteiger partial charge in [-0.25, -0.2) is 4.98 Å². The molecule has 0 aliphatic rings. The van der Waals surface area contributed by atoms with Gasteiger partial charge in [0.1, 0.15) is 11.3 Å². The fraction of sp³-hybridized carbons (Fsp3) is 0.308. The summed E-state index contributed by atoms with van der Waals surface area (Å²) < 4.78 is 4.55. The molecule has 8 heteroatoms. The number of nitrogens with one attached hydrogen (secondary N) is 3. The van der Waals surface area contributed by atoms with Gasteiger partial charge in [-0.3, -0.25) is 29.6 Å². The molecule has 2 amide bonds. The first-order chi connectivity index (χ1) is 10.1. The molecule has 2 aromatic rings. The number of hydrogen-bond donors (Lipinski definition) is 3. The number of rotatable bonds is 4. The monoisotopic (exact) mass is 307 g/mol. The standard InChI is InChI=1S/C13H17N5O2S/c1-3-7-14-21-13(20)17-16-12(19)11-9(2)15-10-6-4-5-8-18(10)11/h4-6,8,14H,3,7H2,1-2H3,(H,16,19)(H,17,20). The summed E-state index contributed by atoms with van der Waals surface area (Å²) in [6.45, 7) is 4.47. The van der Waals surface area contributed by atoms with Crippen LogP contribution in [-0.4, -0.2) is 27.1 Å². The van der Waals surface area contributed by atoms with E-state index in [4.69, 9.17) is 0 Å². The molecule has 21 heavy (non-hydrogen) atoms. The van der Waals surface area contributed by atoms with Crippen LogP contribution in [0.5, 0.6) is 0 Å². The topological polar surface area (TPSA) is 87.5 Å². The van der Waals surface area contributed by atoms with Crippen molar-refractivity contribution in [3.63, 3.8) is 0 Å². The van der Waals surface area contributed by atoms with Crippen LogP contribution in [0.4, 0.5) is 4.79 Å². The number of nitrogens with zero attached hydrogens (tertiary/aromatic N) is 2. The SMILES string of the molecule is CCCNSC(=O)NNC(=O)c1c(C)nc2ccccn12. The lowest BCUT2D eigenvalue weighted by Gasteiger charge is -2.07. The van der Waals surface area contributed by atoms with Gasteiger partial charge in [0.25, 0.3) is 5.91 Å². The predicted molar refractivity (Wildman–Crippen MR) is 81.8 cm³/mol. The largest absolute Gasteiger partial charge is 0.312 e. The minimum atomic E-state index is -0.407. The second kappa shape index (κ2) is 7.09. The average Bonchev–Trinajstić information content (AvgIpc) is 2.81. The minimum absolute atomic E-state index is 0.372. The van der Waals surface area contributed by atoms with Crippen molar-refractivity contribution < 1.29 is 9.59 Å². The van der Waals surface area contributed by atoms with Gasteiger partial charge in [-0.2, -0.15) is 0 Å². The average molecular weight is 307 g/mol. The van der Waals surface area contributed by atoms with Gasteiger partial charge in [0, 0.05) is 24.7 Å². The Morgan fingerprint density at radius 2 is 2.14 bits per heavy atom. The fourth-order valence-corrected chi connectivity index (χ4v) is 2.34. The van der Waals surface area contributed by atoms with Crippen LogP contribution < -0.4 is 15.6 Å². The van der Waals surface area contributed by atoms with E-state index in [2.05, 4.69) is 20.6 Å². The zero-order valence-corrected chi connectivity index (χ0v) is 12.7. The van der Waals surface area contributed by atoms with E-state index in [0.29, 0.717) is 17.0 Å². The molecule has 7 nitrogen and oxygen atoms in total. The number of aryl methyl sites for hydroxylation is 1. The van der Waals surface area contributed by atoms with E-state index in [1.54, 1.807) is 17.5 Å². The number of hydrogen-bond acceptors (Lipinski definition) is 5. The quantitative estimate of drug-likeness (QED) is 0.454. The lowest BCUT2D eigenvalue weighted by atomic mass is 10.3. The van der Waals surface area contributed by atoms with Crippen molar-refractivity contribution in [2.45, 2.75) is 20.3 Å². The van der Waals surface area contributed by atoms with E-state index in [-0.39, 0.29) is 5.24 Å². The van der Waals surface area contributed by atoms with Crippen LogP contribution in [-0.2, 0) is 0 Å². The van der Waals surface area contributed by atoms with E-state index in [9.17, 15) is 9.59 Å². The molecule has 0 saturated heterocycles. The summed E-state index contributed by atoms with van der Waals surface area (Å²) in [7, 11) is 0. The third-order valence-corrected chi connectivity index (χ3v) is 3.35. The maximum Gasteiger partial charge on any atom is 0.312 e. The molecular weight excluding hydrogens is 290 g/mol. The molecular formula is C13H17N5O2S. The summed E-state index contributed by atoms with van der Waals surface area (Å²) in [5.74, 6) is -0.407. The van der Waals surface area contributed by atoms with Crippen LogP contribution >= 0.6 is 11.9 Å². The van der Waals surface area contributed by atoms with E-state index in [1.807, 2.05) is 25.1 Å². The maximum absolute atomic E-state index is 12.2. The molecule has 0 saturated carbocycles. The number of imidazole rings is 1. The third kappa shape index (κ3) is 3.73. The second-order valence-electron chi connectivity index (χ2n) is 4.34. The van der Waals surface area contributed by atoms with Crippen molar-refractivity contribution in [2.75, 3.05) is 6.54 Å². The molecule has 0 spiro atoms. The van der Waals surface area contributed by atoms with Gasteiger partial charge in [-0.05, 0) is 25.5 Å². The molecule has 2 heterocycles. The molecule has 0 fully saturated rings. The van der Waals surface area contributed by atoms with E-state index >= 15 is 0 Å². The summed E-state index contributed by atoms with van der Waals surface area (Å²) in [6, 6.07) is 5.47. The molecule has 0 radical (unpaired) electrons. The molecule has 3 N–H and O–H groups in total. The molecule has 0 aromatic carbocycles. The van der Waals surface area contributed by atoms with E-state index in [1.165, 1.54) is 0 Å². The van der Waals surface area contributed by atoms with Gasteiger partial charge in [0.05, 0.1) is 5.69 Å². The van der Waals surface area contributed by atoms with Crippen LogP contribution in [0.2, 0.25) is 0 Å². The Balaban J connectivity index is 1.99. The number of carbonyl (C=O) groups is 2. The Kier molecular flexibility index (Phi) is 5.18. The Bertz CT molecular complexity index is 655. The number of fused-ring (bicyclic) bond motifs is 1. The van der Waals surface area contributed by atoms with Crippen LogP contribution in [0.1, 0.15) is 29.5 Å². The molecule has 0 atom stereocenters. The molecule has 2 aromatic heterocycles. The van der Waals surface area contributed by atoms with Crippen LogP contribution in [0, 0.1) is 6.92 Å². The lowest BCUT2D eigenvalue weighted by molar-refractivity contribution is 0.0932. The highest BCUT2D eigenvalue weighted by Crippen LogP contribution is 2.11. The molecule has 0 aliphatic carbocycles. The van der Waals surface area contributed by atoms with Crippen molar-refractivity contribution in [2.24, 2.45) is 0 Å². The second-order valence-corrected chi connectivity index (χ2v) is 5.20. The Labute approximate surface area is 126 Å². The highest BCUT2D eigenvalue weighted by Gasteiger charge is 2.16. The highest BCUT2D eigenvalue weighted by molar-refractivity contribution is 8.11. The van der Waals surface area contributed by atoms with Crippen molar-refractivity contribution in [3.05, 3.63) is 35.8 Å². The minimum Gasteiger partial charge on any atom is -0.295 e. The number of aromatic nitrogens is 2. The zero-order chi connectivity index (χ0) is 15.2. The van der Waals surface area contributed by atoms with Crippen molar-refractivity contribution in [1.29, 1.82) is 0 Å². The van der Waals surface area contributed by atoms with E-state index < -0.39 is 5.91 Å². The maximum atomic E-state index is 12.2. The van der Waals surface area contributed by atoms with Crippen LogP contribution in [0.3, 0.4) is 0 Å². The first-order valence-corrected chi connectivity index (χ1v) is 7.38. The highest BCUT2D eigenvalue weighted by atomic mass is 32.2. The summed E-state index contributed by atoms with van der Waals surface area (Å²) in [5.41, 5.74) is 6.41. The van der Waals surface area contributed by atoms with Gasteiger partial charge < -0.3 is 0 Å². The number of carbonyl (C=O) groups excluding carboxylic acids is 2. The number of amides is 2. The third-order valence-electron chi connectivity index (χ3n) is 2.71. The van der Waals surface area contributed by atoms with Crippen LogP contribution in [0.25, 0.3) is 5.65 Å². The molecule has 0 bridgehead atoms. The molecule has 0 aliphatic heterocycles. The summed E-state index contributed by atoms with van der Waals surface area (Å²) in [4.78, 5) is 27.9. The summed E-state index contributed by atoms with van der Waals surface area (Å²) >= 11 is 0.911. The van der Waals surface area contributed by atoms with Gasteiger partial charge >= 0.3 is 5.24 Å². The van der Waals surface area contributed by atoms with E-state index in [0.717, 1.165) is 24.9 Å². The summed E-state index contributed by atoms with van der Waals surface area (Å²) in [6.07, 6.45) is 2.68. The normalized spacial score (nSPS) is 10.6. The fourth-order valence-electron chi connectivity index (χ4n) is 1.80. The smallest absolute Gasteiger partial charge is 0.295 e. The van der Waals surface area contributed by atoms with Gasteiger partial charge in [0.15, 0.2) is 0 Å². The summed E-state index contributed by atoms with van der Waals surface area (Å²) in [5, 5.41) is -0.372. The van der Waals surface area contributed by atoms with Crippen molar-refractivity contribution >= 4 is 28.7 Å². The lowest BCUT2D eigenvalue weighted by Crippen LogP contribution is -2.41. The van der Waals surface area contributed by atoms with Gasteiger partial charge in [-0.15, -0.1) is 0 Å². The predicted octanol–water partition coefficient (Wildman–Crippen LogP) is 1.64. The first kappa shape index (κ1) is 15.3. The Morgan fingerprint density at radius 3 is 2.90 bits per heavy atom. The van der Waals surface area contributed by atoms with Gasteiger partial charge in [0.2, 0.25) is 0 Å². The molecule has 112 valence electrons. The van der Waals surface area contributed by atoms with Crippen molar-refractivity contribution in [3.8, 4) is 0 Å². The van der Waals surface area contributed by atoms with Crippen molar-refractivity contribution in [1.82, 2.24) is 25.0 Å². The molecule has 2 rings (SSSR count). The molecule has 0 unspecified atom stereocenters. The van der Waals surface area contributed by atoms with Gasteiger partial charge in [-0.1, -0.05) is 13.0 Å². The number of pyridine rings is 1. The first-order valence-electron chi connectivity index (χ1n) is 6.57. The number of hydrazine groups is 1. The van der Waals surface area contributed by atoms with Crippen LogP contribution in [0.15, 0.2) is 24.4 Å².